The summed E-state index contributed by atoms with van der Waals surface area (Å²) >= 11 is 0. The molecule has 5 rings (SSSR count). The van der Waals surface area contributed by atoms with Crippen molar-refractivity contribution in [3.05, 3.63) is 39.0 Å². The van der Waals surface area contributed by atoms with Crippen LogP contribution in [0.5, 0.6) is 5.75 Å². The molecule has 0 bridgehead atoms. The van der Waals surface area contributed by atoms with Gasteiger partial charge in [-0.1, -0.05) is 0 Å². The minimum atomic E-state index is -2.88. The zero-order chi connectivity index (χ0) is 25.6. The summed E-state index contributed by atoms with van der Waals surface area (Å²) in [6.45, 7) is 1.56. The molecule has 36 heavy (non-hydrogen) atoms. The predicted octanol–water partition coefficient (Wildman–Crippen LogP) is 1.83. The van der Waals surface area contributed by atoms with Crippen molar-refractivity contribution in [2.24, 2.45) is 17.8 Å². The van der Waals surface area contributed by atoms with Crippen LogP contribution in [-0.4, -0.2) is 70.4 Å². The lowest BCUT2D eigenvalue weighted by Crippen LogP contribution is -2.52. The molecule has 1 unspecified atom stereocenters. The van der Waals surface area contributed by atoms with Gasteiger partial charge in [0.2, 0.25) is 11.8 Å². The number of benzene rings is 1. The van der Waals surface area contributed by atoms with Gasteiger partial charge >= 0.3 is 5.69 Å². The van der Waals surface area contributed by atoms with Crippen molar-refractivity contribution in [1.82, 2.24) is 19.4 Å². The van der Waals surface area contributed by atoms with E-state index in [9.17, 15) is 28.0 Å². The Morgan fingerprint density at radius 1 is 1.03 bits per heavy atom. The van der Waals surface area contributed by atoms with E-state index in [0.717, 1.165) is 0 Å². The Morgan fingerprint density at radius 2 is 1.64 bits per heavy atom. The van der Waals surface area contributed by atoms with Crippen molar-refractivity contribution < 1.29 is 23.1 Å². The lowest BCUT2D eigenvalue weighted by Gasteiger charge is -2.38. The number of methoxy groups -OCH3 is 1. The van der Waals surface area contributed by atoms with Crippen molar-refractivity contribution in [3.8, 4) is 5.75 Å². The van der Waals surface area contributed by atoms with Gasteiger partial charge in [0.15, 0.2) is 0 Å². The molecule has 9 nitrogen and oxygen atoms in total. The van der Waals surface area contributed by atoms with Gasteiger partial charge in [0.1, 0.15) is 11.7 Å². The zero-order valence-electron chi connectivity index (χ0n) is 20.2. The van der Waals surface area contributed by atoms with Crippen molar-refractivity contribution >= 4 is 22.7 Å². The second-order valence-electron chi connectivity index (χ2n) is 10.1. The molecule has 1 atom stereocenters. The van der Waals surface area contributed by atoms with E-state index >= 15 is 0 Å². The molecule has 0 radical (unpaired) electrons. The number of H-pyrrole nitrogens is 1. The first-order valence-corrected chi connectivity index (χ1v) is 12.4. The highest BCUT2D eigenvalue weighted by atomic mass is 19.3. The second-order valence-corrected chi connectivity index (χ2v) is 10.1. The van der Waals surface area contributed by atoms with Crippen molar-refractivity contribution in [3.63, 3.8) is 0 Å². The fourth-order valence-electron chi connectivity index (χ4n) is 5.48. The summed E-state index contributed by atoms with van der Waals surface area (Å²) in [6, 6.07) is 4.95. The number of carbonyl (C=O) groups excluding carboxylic acids is 2. The van der Waals surface area contributed by atoms with Crippen LogP contribution in [0.25, 0.3) is 10.9 Å². The van der Waals surface area contributed by atoms with Crippen LogP contribution in [0.2, 0.25) is 0 Å². The largest absolute Gasteiger partial charge is 0.497 e. The molecule has 2 amide bonds. The summed E-state index contributed by atoms with van der Waals surface area (Å²) in [5, 5.41) is 0.390. The highest BCUT2D eigenvalue weighted by Gasteiger charge is 2.62. The van der Waals surface area contributed by atoms with Crippen molar-refractivity contribution in [2.75, 3.05) is 33.3 Å². The molecule has 3 fully saturated rings. The molecular formula is C25H30F2N4O5. The highest BCUT2D eigenvalue weighted by molar-refractivity contribution is 5.84. The summed E-state index contributed by atoms with van der Waals surface area (Å²) in [6.07, 6.45) is 2.37. The lowest BCUT2D eigenvalue weighted by atomic mass is 9.81. The SMILES string of the molecule is COc1ccc2[nH]c(=O)n(C[C@H]3CC[C@H](C(=O)N4CCN(C(=O)C5CC5(F)F)CC4)CC3)c(=O)c2c1. The third-order valence-corrected chi connectivity index (χ3v) is 7.85. The number of rotatable bonds is 5. The number of carbonyl (C=O) groups is 2. The molecule has 2 aliphatic carbocycles. The Labute approximate surface area is 206 Å². The highest BCUT2D eigenvalue weighted by Crippen LogP contribution is 2.49. The number of nitrogens with one attached hydrogen (secondary N) is 1. The van der Waals surface area contributed by atoms with Crippen LogP contribution in [0.1, 0.15) is 32.1 Å². The number of fused-ring (bicyclic) bond motifs is 1. The van der Waals surface area contributed by atoms with Gasteiger partial charge in [-0.2, -0.15) is 0 Å². The maximum absolute atomic E-state index is 13.2. The number of hydrogen-bond donors (Lipinski definition) is 1. The maximum Gasteiger partial charge on any atom is 0.328 e. The molecule has 1 N–H and O–H groups in total. The first kappa shape index (κ1) is 24.5. The number of ether oxygens (including phenoxy) is 1. The average molecular weight is 505 g/mol. The van der Waals surface area contributed by atoms with Gasteiger partial charge in [0.05, 0.1) is 18.0 Å². The van der Waals surface area contributed by atoms with Gasteiger partial charge in [-0.25, -0.2) is 13.6 Å². The number of amides is 2. The smallest absolute Gasteiger partial charge is 0.328 e. The number of halogens is 2. The van der Waals surface area contributed by atoms with E-state index in [1.807, 2.05) is 0 Å². The molecule has 3 aliphatic rings. The fourth-order valence-corrected chi connectivity index (χ4v) is 5.48. The first-order valence-electron chi connectivity index (χ1n) is 12.4. The van der Waals surface area contributed by atoms with Gasteiger partial charge in [-0.05, 0) is 49.8 Å². The van der Waals surface area contributed by atoms with E-state index in [-0.39, 0.29) is 49.4 Å². The number of alkyl halides is 2. The standard InChI is InChI=1S/C25H30F2N4O5/c1-36-17-6-7-20-18(12-17)22(33)31(24(35)28-20)14-15-2-4-16(5-3-15)21(32)29-8-10-30(11-9-29)23(34)19-13-25(19,26)27/h6-7,12,15-16,19H,2-5,8-11,13-14H2,1H3,(H,28,35)/t15-,16-,19?. The van der Waals surface area contributed by atoms with E-state index in [0.29, 0.717) is 55.4 Å². The quantitative estimate of drug-likeness (QED) is 0.669. The average Bonchev–Trinajstić information content (AvgIpc) is 3.53. The number of aromatic nitrogens is 2. The van der Waals surface area contributed by atoms with E-state index < -0.39 is 23.4 Å². The third-order valence-electron chi connectivity index (χ3n) is 7.85. The predicted molar refractivity (Wildman–Crippen MR) is 127 cm³/mol. The first-order chi connectivity index (χ1) is 17.2. The Balaban J connectivity index is 1.15. The van der Waals surface area contributed by atoms with E-state index in [1.54, 1.807) is 23.1 Å². The third kappa shape index (κ3) is 4.62. The molecule has 2 saturated carbocycles. The Bertz CT molecular complexity index is 1290. The number of piperazine rings is 1. The summed E-state index contributed by atoms with van der Waals surface area (Å²) in [5.41, 5.74) is -0.349. The van der Waals surface area contributed by atoms with Crippen LogP contribution in [0, 0.1) is 17.8 Å². The van der Waals surface area contributed by atoms with Gasteiger partial charge in [0, 0.05) is 45.1 Å². The summed E-state index contributed by atoms with van der Waals surface area (Å²) in [5.74, 6) is -4.06. The minimum Gasteiger partial charge on any atom is -0.497 e. The maximum atomic E-state index is 13.2. The molecule has 194 valence electrons. The molecule has 2 aromatic rings. The Morgan fingerprint density at radius 3 is 2.22 bits per heavy atom. The summed E-state index contributed by atoms with van der Waals surface area (Å²) in [4.78, 5) is 56.7. The van der Waals surface area contributed by atoms with E-state index in [4.69, 9.17) is 4.74 Å². The normalized spacial score (nSPS) is 25.6. The molecule has 0 spiro atoms. The second kappa shape index (κ2) is 9.33. The van der Waals surface area contributed by atoms with Crippen LogP contribution in [0.4, 0.5) is 8.78 Å². The molecular weight excluding hydrogens is 474 g/mol. The zero-order valence-corrected chi connectivity index (χ0v) is 20.2. The van der Waals surface area contributed by atoms with Gasteiger partial charge in [-0.15, -0.1) is 0 Å². The van der Waals surface area contributed by atoms with E-state index in [1.165, 1.54) is 16.6 Å². The van der Waals surface area contributed by atoms with Gasteiger partial charge in [-0.3, -0.25) is 19.0 Å². The Hall–Kier alpha value is -3.24. The molecule has 2 heterocycles. The van der Waals surface area contributed by atoms with Crippen molar-refractivity contribution in [1.29, 1.82) is 0 Å². The van der Waals surface area contributed by atoms with Crippen LogP contribution < -0.4 is 16.0 Å². The lowest BCUT2D eigenvalue weighted by molar-refractivity contribution is -0.144. The molecule has 1 aliphatic heterocycles. The topological polar surface area (TPSA) is 105 Å². The number of hydrogen-bond acceptors (Lipinski definition) is 5. The van der Waals surface area contributed by atoms with Crippen molar-refractivity contribution in [2.45, 2.75) is 44.6 Å². The molecule has 1 aromatic carbocycles. The van der Waals surface area contributed by atoms with Gasteiger partial charge < -0.3 is 19.5 Å². The fraction of sp³-hybridized carbons (Fsp3) is 0.600. The summed E-state index contributed by atoms with van der Waals surface area (Å²) in [7, 11) is 1.51. The Kier molecular flexibility index (Phi) is 6.34. The summed E-state index contributed by atoms with van der Waals surface area (Å²) < 4.78 is 32.8. The van der Waals surface area contributed by atoms with Crippen LogP contribution in [0.15, 0.2) is 27.8 Å². The molecule has 1 saturated heterocycles. The van der Waals surface area contributed by atoms with Crippen LogP contribution in [0.3, 0.4) is 0 Å². The number of nitrogens with zero attached hydrogens (tertiary/aromatic N) is 3. The van der Waals surface area contributed by atoms with Crippen LogP contribution >= 0.6 is 0 Å². The van der Waals surface area contributed by atoms with Crippen LogP contribution in [-0.2, 0) is 16.1 Å². The van der Waals surface area contributed by atoms with E-state index in [2.05, 4.69) is 4.98 Å². The minimum absolute atomic E-state index is 0.0325. The molecule has 1 aromatic heterocycles. The monoisotopic (exact) mass is 504 g/mol. The van der Waals surface area contributed by atoms with Gasteiger partial charge in [0.25, 0.3) is 11.5 Å². The number of aromatic amines is 1. The molecule has 11 heteroatoms.